The van der Waals surface area contributed by atoms with E-state index in [9.17, 15) is 0 Å². The first-order chi connectivity index (χ1) is 29.8. The van der Waals surface area contributed by atoms with E-state index in [1.54, 1.807) is 0 Å². The molecule has 60 heavy (non-hydrogen) atoms. The molecule has 0 unspecified atom stereocenters. The van der Waals surface area contributed by atoms with Crippen molar-refractivity contribution in [3.8, 4) is 39.1 Å². The van der Waals surface area contributed by atoms with Crippen molar-refractivity contribution in [1.82, 2.24) is 4.57 Å². The summed E-state index contributed by atoms with van der Waals surface area (Å²) in [5, 5.41) is 5.24. The van der Waals surface area contributed by atoms with Crippen molar-refractivity contribution in [2.45, 2.75) is 38.0 Å². The molecule has 1 aliphatic carbocycles. The molecule has 0 atom stereocenters. The molecule has 1 saturated carbocycles. The van der Waals surface area contributed by atoms with E-state index in [-0.39, 0.29) is 0 Å². The largest absolute Gasteiger partial charge is 0.309 e. The number of hydrogen-bond donors (Lipinski definition) is 0. The molecule has 0 saturated heterocycles. The van der Waals surface area contributed by atoms with Crippen LogP contribution < -0.4 is 4.90 Å². The average Bonchev–Trinajstić information content (AvgIpc) is 3.66. The Morgan fingerprint density at radius 3 is 1.78 bits per heavy atom. The van der Waals surface area contributed by atoms with E-state index in [0.717, 1.165) is 17.1 Å². The quantitative estimate of drug-likeness (QED) is 0.149. The van der Waals surface area contributed by atoms with Gasteiger partial charge < -0.3 is 9.47 Å². The molecular formula is C58H46N2. The molecule has 1 aliphatic rings. The molecule has 0 amide bonds. The van der Waals surface area contributed by atoms with Crippen molar-refractivity contribution in [2.24, 2.45) is 0 Å². The van der Waals surface area contributed by atoms with Gasteiger partial charge in [0.2, 0.25) is 0 Å². The lowest BCUT2D eigenvalue weighted by atomic mass is 9.80. The highest BCUT2D eigenvalue weighted by Crippen LogP contribution is 2.48. The van der Waals surface area contributed by atoms with Crippen LogP contribution in [0.1, 0.15) is 43.6 Å². The van der Waals surface area contributed by atoms with Gasteiger partial charge in [0.25, 0.3) is 0 Å². The molecule has 9 aromatic carbocycles. The molecule has 1 fully saturated rings. The van der Waals surface area contributed by atoms with Crippen molar-refractivity contribution in [3.05, 3.63) is 218 Å². The minimum Gasteiger partial charge on any atom is -0.309 e. The van der Waals surface area contributed by atoms with Crippen LogP contribution in [-0.2, 0) is 0 Å². The van der Waals surface area contributed by atoms with E-state index in [0.29, 0.717) is 5.92 Å². The molecule has 11 rings (SSSR count). The van der Waals surface area contributed by atoms with Crippen molar-refractivity contribution in [3.63, 3.8) is 0 Å². The molecule has 0 radical (unpaired) electrons. The Morgan fingerprint density at radius 1 is 0.400 bits per heavy atom. The van der Waals surface area contributed by atoms with Crippen molar-refractivity contribution in [2.75, 3.05) is 4.90 Å². The number of aromatic nitrogens is 1. The number of para-hydroxylation sites is 4. The van der Waals surface area contributed by atoms with Crippen LogP contribution in [0.3, 0.4) is 0 Å². The predicted octanol–water partition coefficient (Wildman–Crippen LogP) is 16.5. The van der Waals surface area contributed by atoms with Crippen LogP contribution in [0.5, 0.6) is 0 Å². The van der Waals surface area contributed by atoms with Gasteiger partial charge in [-0.15, -0.1) is 0 Å². The molecule has 1 heterocycles. The van der Waals surface area contributed by atoms with E-state index in [4.69, 9.17) is 0 Å². The zero-order valence-corrected chi connectivity index (χ0v) is 33.7. The van der Waals surface area contributed by atoms with Crippen LogP contribution in [0, 0.1) is 0 Å². The van der Waals surface area contributed by atoms with Crippen LogP contribution in [0.15, 0.2) is 212 Å². The average molecular weight is 771 g/mol. The van der Waals surface area contributed by atoms with Gasteiger partial charge in [0.15, 0.2) is 0 Å². The molecule has 2 nitrogen and oxygen atoms in total. The molecule has 0 spiro atoms. The predicted molar refractivity (Wildman–Crippen MR) is 255 cm³/mol. The SMILES string of the molecule is c1ccc(-c2ccccc2N(c2ccc(-c3ccc4c5ccccc5n(-c5ccccc5)c4c3)cc2)c2ccccc2-c2cccc3cccc(C4CCCCC4)c23)cc1. The standard InChI is InChI=1S/C58H46N2/c1-4-18-42(19-5-1)48-26-10-13-31-54(48)59(56-33-15-12-28-51(56)53-30-17-23-44-22-16-29-49(58(44)53)43-20-6-2-7-21-43)47-37-34-41(35-38-47)45-36-39-52-50-27-11-14-32-55(50)60(57(52)40-45)46-24-8-3-9-25-46/h1,3-5,8-19,22-40,43H,2,6-7,20-21H2. The first-order valence-corrected chi connectivity index (χ1v) is 21.5. The maximum Gasteiger partial charge on any atom is 0.0547 e. The number of nitrogens with zero attached hydrogens (tertiary/aromatic N) is 2. The Morgan fingerprint density at radius 2 is 1.00 bits per heavy atom. The number of anilines is 3. The molecule has 2 heteroatoms. The summed E-state index contributed by atoms with van der Waals surface area (Å²) >= 11 is 0. The van der Waals surface area contributed by atoms with E-state index in [2.05, 4.69) is 222 Å². The maximum absolute atomic E-state index is 2.49. The summed E-state index contributed by atoms with van der Waals surface area (Å²) < 4.78 is 2.40. The third-order valence-corrected chi connectivity index (χ3v) is 12.8. The van der Waals surface area contributed by atoms with Gasteiger partial charge in [0.05, 0.1) is 22.4 Å². The molecule has 1 aromatic heterocycles. The normalized spacial score (nSPS) is 13.3. The van der Waals surface area contributed by atoms with E-state index in [1.165, 1.54) is 109 Å². The first kappa shape index (κ1) is 36.0. The van der Waals surface area contributed by atoms with Gasteiger partial charge in [-0.1, -0.05) is 183 Å². The fourth-order valence-electron chi connectivity index (χ4n) is 9.99. The second-order valence-corrected chi connectivity index (χ2v) is 16.3. The zero-order chi connectivity index (χ0) is 39.8. The third-order valence-electron chi connectivity index (χ3n) is 12.8. The summed E-state index contributed by atoms with van der Waals surface area (Å²) in [4.78, 5) is 2.49. The van der Waals surface area contributed by atoms with E-state index in [1.807, 2.05) is 0 Å². The van der Waals surface area contributed by atoms with Gasteiger partial charge in [-0.3, -0.25) is 0 Å². The molecule has 10 aromatic rings. The Kier molecular flexibility index (Phi) is 9.32. The van der Waals surface area contributed by atoms with Crippen LogP contribution >= 0.6 is 0 Å². The fourth-order valence-corrected chi connectivity index (χ4v) is 9.99. The van der Waals surface area contributed by atoms with Gasteiger partial charge in [0.1, 0.15) is 0 Å². The second-order valence-electron chi connectivity index (χ2n) is 16.3. The van der Waals surface area contributed by atoms with Gasteiger partial charge in [-0.25, -0.2) is 0 Å². The Balaban J connectivity index is 1.08. The van der Waals surface area contributed by atoms with Crippen LogP contribution in [0.4, 0.5) is 17.1 Å². The summed E-state index contributed by atoms with van der Waals surface area (Å²) in [5.74, 6) is 0.589. The van der Waals surface area contributed by atoms with E-state index >= 15 is 0 Å². The number of benzene rings is 9. The van der Waals surface area contributed by atoms with Crippen molar-refractivity contribution >= 4 is 49.6 Å². The first-order valence-electron chi connectivity index (χ1n) is 21.5. The topological polar surface area (TPSA) is 8.17 Å². The summed E-state index contributed by atoms with van der Waals surface area (Å²) in [5.41, 5.74) is 15.8. The summed E-state index contributed by atoms with van der Waals surface area (Å²) in [7, 11) is 0. The minimum absolute atomic E-state index is 0.589. The Labute approximate surface area is 352 Å². The van der Waals surface area contributed by atoms with Crippen LogP contribution in [0.25, 0.3) is 71.6 Å². The highest BCUT2D eigenvalue weighted by atomic mass is 15.1. The third kappa shape index (κ3) is 6.37. The number of hydrogen-bond acceptors (Lipinski definition) is 1. The summed E-state index contributed by atoms with van der Waals surface area (Å²) in [6.07, 6.45) is 6.49. The molecule has 0 aliphatic heterocycles. The molecule has 0 N–H and O–H groups in total. The fraction of sp³-hybridized carbons (Fsp3) is 0.103. The number of rotatable bonds is 8. The van der Waals surface area contributed by atoms with Crippen molar-refractivity contribution < 1.29 is 0 Å². The summed E-state index contributed by atoms with van der Waals surface area (Å²) in [6, 6.07) is 78.2. The molecular weight excluding hydrogens is 725 g/mol. The van der Waals surface area contributed by atoms with Gasteiger partial charge >= 0.3 is 0 Å². The van der Waals surface area contributed by atoms with Crippen LogP contribution in [0.2, 0.25) is 0 Å². The lowest BCUT2D eigenvalue weighted by Gasteiger charge is -2.31. The van der Waals surface area contributed by atoms with Gasteiger partial charge in [-0.05, 0) is 106 Å². The highest BCUT2D eigenvalue weighted by Gasteiger charge is 2.24. The van der Waals surface area contributed by atoms with Gasteiger partial charge in [-0.2, -0.15) is 0 Å². The molecule has 0 bridgehead atoms. The lowest BCUT2D eigenvalue weighted by Crippen LogP contribution is -2.12. The molecule has 288 valence electrons. The Hall–Kier alpha value is -7.16. The van der Waals surface area contributed by atoms with E-state index < -0.39 is 0 Å². The lowest BCUT2D eigenvalue weighted by molar-refractivity contribution is 0.445. The minimum atomic E-state index is 0.589. The smallest absolute Gasteiger partial charge is 0.0547 e. The second kappa shape index (κ2) is 15.5. The zero-order valence-electron chi connectivity index (χ0n) is 33.7. The van der Waals surface area contributed by atoms with Crippen LogP contribution in [-0.4, -0.2) is 4.57 Å². The summed E-state index contributed by atoms with van der Waals surface area (Å²) in [6.45, 7) is 0. The Bertz CT molecular complexity index is 3110. The van der Waals surface area contributed by atoms with Crippen molar-refractivity contribution in [1.29, 1.82) is 0 Å². The number of fused-ring (bicyclic) bond motifs is 4. The monoisotopic (exact) mass is 770 g/mol. The maximum atomic E-state index is 2.49. The highest BCUT2D eigenvalue weighted by molar-refractivity contribution is 6.10. The van der Waals surface area contributed by atoms with Gasteiger partial charge in [0, 0.05) is 33.3 Å².